The highest BCUT2D eigenvalue weighted by atomic mass is 32.2. The van der Waals surface area contributed by atoms with E-state index in [1.165, 1.54) is 18.9 Å². The Balaban J connectivity index is 1.42. The second kappa shape index (κ2) is 11.6. The second-order valence-corrected chi connectivity index (χ2v) is 10.5. The third-order valence-corrected chi connectivity index (χ3v) is 7.22. The first-order chi connectivity index (χ1) is 17.7. The van der Waals surface area contributed by atoms with E-state index in [2.05, 4.69) is 5.32 Å². The standard InChI is InChI=1S/C29H28N2O4S2/c1-18-12-19(2)27(20(3)13-18)30-26(32)17-35-23-11-10-22(14-24(23)34-4)15-25-28(33)31(29(36)37-25)16-21-8-6-5-7-9-21/h5-15H,16-17H2,1-4H3,(H,30,32)/b25-15-. The summed E-state index contributed by atoms with van der Waals surface area (Å²) in [6.45, 7) is 6.22. The molecule has 8 heteroatoms. The maximum atomic E-state index is 13.0. The molecule has 0 saturated carbocycles. The molecule has 0 aliphatic carbocycles. The van der Waals surface area contributed by atoms with Crippen molar-refractivity contribution in [2.24, 2.45) is 0 Å². The Morgan fingerprint density at radius 3 is 2.41 bits per heavy atom. The monoisotopic (exact) mass is 532 g/mol. The van der Waals surface area contributed by atoms with Crippen molar-refractivity contribution in [3.8, 4) is 11.5 Å². The average Bonchev–Trinajstić information content (AvgIpc) is 3.13. The summed E-state index contributed by atoms with van der Waals surface area (Å²) in [5, 5.41) is 2.93. The summed E-state index contributed by atoms with van der Waals surface area (Å²) in [5.41, 5.74) is 5.72. The van der Waals surface area contributed by atoms with Gasteiger partial charge < -0.3 is 14.8 Å². The average molecular weight is 533 g/mol. The van der Waals surface area contributed by atoms with Crippen LogP contribution < -0.4 is 14.8 Å². The Morgan fingerprint density at radius 2 is 1.73 bits per heavy atom. The molecule has 6 nitrogen and oxygen atoms in total. The van der Waals surface area contributed by atoms with Gasteiger partial charge in [0.25, 0.3) is 11.8 Å². The lowest BCUT2D eigenvalue weighted by Gasteiger charge is -2.15. The predicted molar refractivity (Wildman–Crippen MR) is 153 cm³/mol. The van der Waals surface area contributed by atoms with Gasteiger partial charge in [-0.05, 0) is 61.2 Å². The molecule has 4 rings (SSSR count). The number of benzene rings is 3. The number of rotatable bonds is 8. The number of carbonyl (C=O) groups is 2. The fraction of sp³-hybridized carbons (Fsp3) is 0.207. The lowest BCUT2D eigenvalue weighted by molar-refractivity contribution is -0.122. The van der Waals surface area contributed by atoms with Crippen LogP contribution in [0.4, 0.5) is 5.69 Å². The molecule has 0 radical (unpaired) electrons. The number of aryl methyl sites for hydroxylation is 3. The van der Waals surface area contributed by atoms with Gasteiger partial charge in [-0.25, -0.2) is 0 Å². The first-order valence-electron chi connectivity index (χ1n) is 11.7. The number of thiocarbonyl (C=S) groups is 1. The Hall–Kier alpha value is -3.62. The number of carbonyl (C=O) groups excluding carboxylic acids is 2. The quantitative estimate of drug-likeness (QED) is 0.282. The number of anilines is 1. The van der Waals surface area contributed by atoms with E-state index in [1.54, 1.807) is 23.1 Å². The van der Waals surface area contributed by atoms with Crippen molar-refractivity contribution in [2.45, 2.75) is 27.3 Å². The fourth-order valence-corrected chi connectivity index (χ4v) is 5.40. The van der Waals surface area contributed by atoms with Crippen LogP contribution in [0.15, 0.2) is 65.6 Å². The van der Waals surface area contributed by atoms with E-state index in [0.29, 0.717) is 27.3 Å². The number of amides is 2. The molecule has 2 amide bonds. The van der Waals surface area contributed by atoms with Crippen molar-refractivity contribution in [2.75, 3.05) is 19.0 Å². The molecule has 3 aromatic rings. The van der Waals surface area contributed by atoms with Gasteiger partial charge in [0.2, 0.25) is 0 Å². The summed E-state index contributed by atoms with van der Waals surface area (Å²) in [7, 11) is 1.53. The van der Waals surface area contributed by atoms with Crippen LogP contribution in [0.25, 0.3) is 6.08 Å². The summed E-state index contributed by atoms with van der Waals surface area (Å²) >= 11 is 6.73. The minimum atomic E-state index is -0.261. The van der Waals surface area contributed by atoms with E-state index in [4.69, 9.17) is 21.7 Å². The number of nitrogens with one attached hydrogen (secondary N) is 1. The molecule has 0 aromatic heterocycles. The lowest BCUT2D eigenvalue weighted by atomic mass is 10.1. The fourth-order valence-electron chi connectivity index (χ4n) is 4.14. The number of hydrogen-bond acceptors (Lipinski definition) is 6. The van der Waals surface area contributed by atoms with Crippen LogP contribution in [-0.2, 0) is 16.1 Å². The summed E-state index contributed by atoms with van der Waals surface area (Å²) in [5.74, 6) is 0.507. The minimum Gasteiger partial charge on any atom is -0.493 e. The van der Waals surface area contributed by atoms with Crippen molar-refractivity contribution in [3.63, 3.8) is 0 Å². The number of nitrogens with zero attached hydrogens (tertiary/aromatic N) is 1. The predicted octanol–water partition coefficient (Wildman–Crippen LogP) is 6.04. The molecule has 190 valence electrons. The molecule has 0 unspecified atom stereocenters. The topological polar surface area (TPSA) is 67.9 Å². The third kappa shape index (κ3) is 6.39. The Labute approximate surface area is 226 Å². The zero-order valence-electron chi connectivity index (χ0n) is 21.2. The van der Waals surface area contributed by atoms with Crippen LogP contribution in [0.3, 0.4) is 0 Å². The van der Waals surface area contributed by atoms with Gasteiger partial charge in [0.15, 0.2) is 18.1 Å². The highest BCUT2D eigenvalue weighted by Crippen LogP contribution is 2.35. The van der Waals surface area contributed by atoms with Crippen molar-refractivity contribution >= 4 is 51.9 Å². The molecule has 0 spiro atoms. The van der Waals surface area contributed by atoms with Crippen molar-refractivity contribution in [1.82, 2.24) is 4.90 Å². The molecule has 37 heavy (non-hydrogen) atoms. The Morgan fingerprint density at radius 1 is 1.03 bits per heavy atom. The maximum absolute atomic E-state index is 13.0. The highest BCUT2D eigenvalue weighted by Gasteiger charge is 2.32. The molecule has 1 heterocycles. The molecule has 1 saturated heterocycles. The number of ether oxygens (including phenoxy) is 2. The lowest BCUT2D eigenvalue weighted by Crippen LogP contribution is -2.27. The zero-order chi connectivity index (χ0) is 26.5. The van der Waals surface area contributed by atoms with E-state index < -0.39 is 0 Å². The normalized spacial score (nSPS) is 14.3. The first kappa shape index (κ1) is 26.4. The van der Waals surface area contributed by atoms with Crippen LogP contribution in [0, 0.1) is 20.8 Å². The van der Waals surface area contributed by atoms with Gasteiger partial charge in [0.1, 0.15) is 4.32 Å². The summed E-state index contributed by atoms with van der Waals surface area (Å²) in [6, 6.07) is 19.1. The second-order valence-electron chi connectivity index (χ2n) is 8.77. The van der Waals surface area contributed by atoms with Crippen molar-refractivity contribution in [3.05, 3.63) is 93.4 Å². The minimum absolute atomic E-state index is 0.128. The van der Waals surface area contributed by atoms with E-state index in [0.717, 1.165) is 33.5 Å². The number of thioether (sulfide) groups is 1. The third-order valence-electron chi connectivity index (χ3n) is 5.84. The SMILES string of the molecule is COc1cc(/C=C2\SC(=S)N(Cc3ccccc3)C2=O)ccc1OCC(=O)Nc1c(C)cc(C)cc1C. The van der Waals surface area contributed by atoms with Gasteiger partial charge in [-0.2, -0.15) is 0 Å². The first-order valence-corrected chi connectivity index (χ1v) is 13.0. The molecule has 1 N–H and O–H groups in total. The van der Waals surface area contributed by atoms with E-state index >= 15 is 0 Å². The summed E-state index contributed by atoms with van der Waals surface area (Å²) in [6.07, 6.45) is 1.78. The van der Waals surface area contributed by atoms with Crippen LogP contribution in [-0.4, -0.2) is 34.8 Å². The maximum Gasteiger partial charge on any atom is 0.266 e. The van der Waals surface area contributed by atoms with Gasteiger partial charge in [0, 0.05) is 5.69 Å². The molecular formula is C29H28N2O4S2. The summed E-state index contributed by atoms with van der Waals surface area (Å²) in [4.78, 5) is 27.7. The van der Waals surface area contributed by atoms with Crippen molar-refractivity contribution in [1.29, 1.82) is 0 Å². The number of methoxy groups -OCH3 is 1. The van der Waals surface area contributed by atoms with Gasteiger partial charge in [0.05, 0.1) is 18.6 Å². The Kier molecular flexibility index (Phi) is 8.31. The van der Waals surface area contributed by atoms with E-state index in [9.17, 15) is 9.59 Å². The molecule has 3 aromatic carbocycles. The largest absolute Gasteiger partial charge is 0.493 e. The smallest absolute Gasteiger partial charge is 0.266 e. The van der Waals surface area contributed by atoms with E-state index in [1.807, 2.05) is 69.3 Å². The van der Waals surface area contributed by atoms with Crippen LogP contribution in [0.1, 0.15) is 27.8 Å². The summed E-state index contributed by atoms with van der Waals surface area (Å²) < 4.78 is 11.8. The van der Waals surface area contributed by atoms with Gasteiger partial charge in [-0.15, -0.1) is 0 Å². The molecule has 1 aliphatic rings. The molecule has 0 atom stereocenters. The van der Waals surface area contributed by atoms with Gasteiger partial charge >= 0.3 is 0 Å². The Bertz CT molecular complexity index is 1360. The van der Waals surface area contributed by atoms with Crippen LogP contribution >= 0.6 is 24.0 Å². The molecule has 1 fully saturated rings. The number of hydrogen-bond donors (Lipinski definition) is 1. The molecular weight excluding hydrogens is 504 g/mol. The van der Waals surface area contributed by atoms with E-state index in [-0.39, 0.29) is 18.4 Å². The van der Waals surface area contributed by atoms with Crippen LogP contribution in [0.5, 0.6) is 11.5 Å². The molecule has 1 aliphatic heterocycles. The van der Waals surface area contributed by atoms with Crippen molar-refractivity contribution < 1.29 is 19.1 Å². The van der Waals surface area contributed by atoms with Gasteiger partial charge in [-0.1, -0.05) is 78.1 Å². The van der Waals surface area contributed by atoms with Crippen LogP contribution in [0.2, 0.25) is 0 Å². The zero-order valence-corrected chi connectivity index (χ0v) is 22.8. The highest BCUT2D eigenvalue weighted by molar-refractivity contribution is 8.26. The van der Waals surface area contributed by atoms with Gasteiger partial charge in [-0.3, -0.25) is 14.5 Å². The molecule has 0 bridgehead atoms.